The number of hydrogen-bond donors (Lipinski definition) is 2. The average Bonchev–Trinajstić information content (AvgIpc) is 2.51. The number of amides is 1. The molecule has 3 atom stereocenters. The zero-order valence-electron chi connectivity index (χ0n) is 14.3. The van der Waals surface area contributed by atoms with E-state index < -0.39 is 11.7 Å². The highest BCUT2D eigenvalue weighted by Gasteiger charge is 2.31. The fraction of sp³-hybridized carbons (Fsp3) is 0.611. The lowest BCUT2D eigenvalue weighted by atomic mass is 9.90. The van der Waals surface area contributed by atoms with Gasteiger partial charge in [-0.25, -0.2) is 0 Å². The molecule has 0 spiro atoms. The number of benzene rings is 1. The predicted octanol–water partition coefficient (Wildman–Crippen LogP) is 3.91. The molecule has 0 aromatic heterocycles. The molecule has 134 valence electrons. The van der Waals surface area contributed by atoms with E-state index in [1.165, 1.54) is 12.1 Å². The highest BCUT2D eigenvalue weighted by Crippen LogP contribution is 2.31. The SMILES string of the molecule is CC(C)C(NC(=O)[C@H]1CCN[C@@H](C)C1)c1ccc(C(F)(F)F)cc1. The summed E-state index contributed by atoms with van der Waals surface area (Å²) < 4.78 is 38.1. The maximum atomic E-state index is 12.7. The Morgan fingerprint density at radius 1 is 1.25 bits per heavy atom. The van der Waals surface area contributed by atoms with Gasteiger partial charge in [-0.3, -0.25) is 4.79 Å². The number of hydrogen-bond acceptors (Lipinski definition) is 2. The van der Waals surface area contributed by atoms with Crippen LogP contribution in [0.5, 0.6) is 0 Å². The topological polar surface area (TPSA) is 41.1 Å². The van der Waals surface area contributed by atoms with E-state index in [1.807, 2.05) is 13.8 Å². The second-order valence-electron chi connectivity index (χ2n) is 6.93. The first-order chi connectivity index (χ1) is 11.2. The molecule has 0 radical (unpaired) electrons. The number of carbonyl (C=O) groups excluding carboxylic acids is 1. The molecule has 1 unspecified atom stereocenters. The zero-order valence-corrected chi connectivity index (χ0v) is 14.3. The van der Waals surface area contributed by atoms with Gasteiger partial charge in [0, 0.05) is 12.0 Å². The van der Waals surface area contributed by atoms with Crippen LogP contribution in [0.15, 0.2) is 24.3 Å². The van der Waals surface area contributed by atoms with Crippen molar-refractivity contribution in [2.75, 3.05) is 6.54 Å². The molecule has 1 aromatic rings. The van der Waals surface area contributed by atoms with Crippen molar-refractivity contribution in [1.82, 2.24) is 10.6 Å². The van der Waals surface area contributed by atoms with Gasteiger partial charge in [-0.1, -0.05) is 26.0 Å². The van der Waals surface area contributed by atoms with Gasteiger partial charge in [-0.15, -0.1) is 0 Å². The lowest BCUT2D eigenvalue weighted by Crippen LogP contribution is -2.44. The third-order valence-corrected chi connectivity index (χ3v) is 4.56. The van der Waals surface area contributed by atoms with E-state index >= 15 is 0 Å². The smallest absolute Gasteiger partial charge is 0.349 e. The molecule has 6 heteroatoms. The molecule has 2 rings (SSSR count). The predicted molar refractivity (Wildman–Crippen MR) is 87.4 cm³/mol. The highest BCUT2D eigenvalue weighted by molar-refractivity contribution is 5.79. The third-order valence-electron chi connectivity index (χ3n) is 4.56. The van der Waals surface area contributed by atoms with Crippen molar-refractivity contribution in [3.05, 3.63) is 35.4 Å². The minimum absolute atomic E-state index is 0.0121. The van der Waals surface area contributed by atoms with Gasteiger partial charge in [0.1, 0.15) is 0 Å². The summed E-state index contributed by atoms with van der Waals surface area (Å²) in [6.45, 7) is 6.77. The quantitative estimate of drug-likeness (QED) is 0.871. The van der Waals surface area contributed by atoms with E-state index in [0.717, 1.165) is 31.5 Å². The second-order valence-corrected chi connectivity index (χ2v) is 6.93. The van der Waals surface area contributed by atoms with Crippen molar-refractivity contribution in [1.29, 1.82) is 0 Å². The zero-order chi connectivity index (χ0) is 17.9. The highest BCUT2D eigenvalue weighted by atomic mass is 19.4. The van der Waals surface area contributed by atoms with Crippen LogP contribution in [0.4, 0.5) is 13.2 Å². The third kappa shape index (κ3) is 4.72. The summed E-state index contributed by atoms with van der Waals surface area (Å²) in [6.07, 6.45) is -2.78. The number of nitrogens with one attached hydrogen (secondary N) is 2. The van der Waals surface area contributed by atoms with E-state index in [0.29, 0.717) is 11.6 Å². The minimum atomic E-state index is -4.35. The van der Waals surface area contributed by atoms with Gasteiger partial charge in [-0.05, 0) is 49.9 Å². The van der Waals surface area contributed by atoms with Crippen LogP contribution in [-0.2, 0) is 11.0 Å². The second kappa shape index (κ2) is 7.55. The Balaban J connectivity index is 2.10. The van der Waals surface area contributed by atoms with Crippen molar-refractivity contribution in [2.24, 2.45) is 11.8 Å². The molecule has 1 fully saturated rings. The molecule has 0 saturated carbocycles. The first-order valence-corrected chi connectivity index (χ1v) is 8.39. The molecule has 1 heterocycles. The summed E-state index contributed by atoms with van der Waals surface area (Å²) in [6, 6.07) is 5.08. The molecule has 1 amide bonds. The van der Waals surface area contributed by atoms with E-state index in [2.05, 4.69) is 17.6 Å². The number of rotatable bonds is 4. The van der Waals surface area contributed by atoms with E-state index in [1.54, 1.807) is 0 Å². The summed E-state index contributed by atoms with van der Waals surface area (Å²) in [7, 11) is 0. The van der Waals surface area contributed by atoms with Crippen LogP contribution in [0.3, 0.4) is 0 Å². The summed E-state index contributed by atoms with van der Waals surface area (Å²) >= 11 is 0. The Morgan fingerprint density at radius 3 is 2.38 bits per heavy atom. The molecule has 0 bridgehead atoms. The normalized spacial score (nSPS) is 23.1. The summed E-state index contributed by atoms with van der Waals surface area (Å²) in [5.41, 5.74) is 0.0283. The van der Waals surface area contributed by atoms with Crippen LogP contribution in [0, 0.1) is 11.8 Å². The van der Waals surface area contributed by atoms with E-state index in [9.17, 15) is 18.0 Å². The number of carbonyl (C=O) groups is 1. The van der Waals surface area contributed by atoms with Gasteiger partial charge >= 0.3 is 6.18 Å². The van der Waals surface area contributed by atoms with Crippen LogP contribution in [0.2, 0.25) is 0 Å². The molecular formula is C18H25F3N2O. The number of halogens is 3. The molecule has 1 saturated heterocycles. The lowest BCUT2D eigenvalue weighted by molar-refractivity contribution is -0.137. The van der Waals surface area contributed by atoms with E-state index in [4.69, 9.17) is 0 Å². The van der Waals surface area contributed by atoms with Gasteiger partial charge < -0.3 is 10.6 Å². The average molecular weight is 342 g/mol. The molecule has 24 heavy (non-hydrogen) atoms. The first-order valence-electron chi connectivity index (χ1n) is 8.39. The fourth-order valence-corrected chi connectivity index (χ4v) is 3.16. The Morgan fingerprint density at radius 2 is 1.88 bits per heavy atom. The summed E-state index contributed by atoms with van der Waals surface area (Å²) in [5, 5.41) is 6.34. The number of piperidine rings is 1. The summed E-state index contributed by atoms with van der Waals surface area (Å²) in [4.78, 5) is 12.5. The summed E-state index contributed by atoms with van der Waals surface area (Å²) in [5.74, 6) is 0.0312. The van der Waals surface area contributed by atoms with Crippen LogP contribution < -0.4 is 10.6 Å². The van der Waals surface area contributed by atoms with Gasteiger partial charge in [0.15, 0.2) is 0 Å². The van der Waals surface area contributed by atoms with Crippen LogP contribution in [0.1, 0.15) is 50.8 Å². The Labute approximate surface area is 141 Å². The van der Waals surface area contributed by atoms with Crippen molar-refractivity contribution in [3.63, 3.8) is 0 Å². The van der Waals surface area contributed by atoms with Gasteiger partial charge in [0.25, 0.3) is 0 Å². The molecular weight excluding hydrogens is 317 g/mol. The minimum Gasteiger partial charge on any atom is -0.349 e. The van der Waals surface area contributed by atoms with E-state index in [-0.39, 0.29) is 23.8 Å². The standard InChI is InChI=1S/C18H25F3N2O/c1-11(2)16(13-4-6-15(7-5-13)18(19,20)21)23-17(24)14-8-9-22-12(3)10-14/h4-7,11-12,14,16,22H,8-10H2,1-3H3,(H,23,24)/t12-,14-,16?/m0/s1. The van der Waals surface area contributed by atoms with Crippen LogP contribution in [0.25, 0.3) is 0 Å². The van der Waals surface area contributed by atoms with Gasteiger partial charge in [0.2, 0.25) is 5.91 Å². The van der Waals surface area contributed by atoms with Crippen molar-refractivity contribution in [2.45, 2.75) is 51.9 Å². The monoisotopic (exact) mass is 342 g/mol. The molecule has 1 aliphatic heterocycles. The Hall–Kier alpha value is -1.56. The maximum absolute atomic E-state index is 12.7. The van der Waals surface area contributed by atoms with Crippen molar-refractivity contribution in [3.8, 4) is 0 Å². The van der Waals surface area contributed by atoms with Crippen molar-refractivity contribution >= 4 is 5.91 Å². The van der Waals surface area contributed by atoms with Crippen LogP contribution in [-0.4, -0.2) is 18.5 Å². The largest absolute Gasteiger partial charge is 0.416 e. The van der Waals surface area contributed by atoms with Gasteiger partial charge in [-0.2, -0.15) is 13.2 Å². The molecule has 2 N–H and O–H groups in total. The van der Waals surface area contributed by atoms with Crippen LogP contribution >= 0.6 is 0 Å². The Kier molecular flexibility index (Phi) is 5.91. The Bertz CT molecular complexity index is 554. The lowest BCUT2D eigenvalue weighted by Gasteiger charge is -2.30. The first kappa shape index (κ1) is 18.8. The molecule has 3 nitrogen and oxygen atoms in total. The van der Waals surface area contributed by atoms with Crippen molar-refractivity contribution < 1.29 is 18.0 Å². The number of alkyl halides is 3. The molecule has 1 aromatic carbocycles. The maximum Gasteiger partial charge on any atom is 0.416 e. The molecule has 0 aliphatic carbocycles. The molecule has 1 aliphatic rings. The van der Waals surface area contributed by atoms with Gasteiger partial charge in [0.05, 0.1) is 11.6 Å². The fourth-order valence-electron chi connectivity index (χ4n) is 3.16.